The predicted molar refractivity (Wildman–Crippen MR) is 78.8 cm³/mol. The number of halogens is 1. The van der Waals surface area contributed by atoms with Gasteiger partial charge in [-0.3, -0.25) is 0 Å². The van der Waals surface area contributed by atoms with E-state index < -0.39 is 22.0 Å². The molecule has 1 unspecified atom stereocenters. The quantitative estimate of drug-likeness (QED) is 0.614. The zero-order valence-corrected chi connectivity index (χ0v) is 13.6. The summed E-state index contributed by atoms with van der Waals surface area (Å²) in [7, 11) is -2.43. The number of aliphatic hydroxyl groups is 1. The Morgan fingerprint density at radius 3 is 2.62 bits per heavy atom. The maximum absolute atomic E-state index is 12.3. The summed E-state index contributed by atoms with van der Waals surface area (Å²) < 4.78 is 32.0. The van der Waals surface area contributed by atoms with Crippen LogP contribution in [0.25, 0.3) is 0 Å². The molecular weight excluding hydrogens is 366 g/mol. The van der Waals surface area contributed by atoms with Gasteiger partial charge in [-0.1, -0.05) is 0 Å². The molecule has 9 heteroatoms. The van der Waals surface area contributed by atoms with Crippen molar-refractivity contribution in [1.82, 2.24) is 4.72 Å². The Hall–Kier alpha value is -1.00. The van der Waals surface area contributed by atoms with E-state index in [1.165, 1.54) is 25.3 Å². The van der Waals surface area contributed by atoms with Crippen molar-refractivity contribution in [1.29, 1.82) is 0 Å². The summed E-state index contributed by atoms with van der Waals surface area (Å²) in [4.78, 5) is 10.8. The van der Waals surface area contributed by atoms with Gasteiger partial charge in [-0.15, -0.1) is 0 Å². The first kappa shape index (κ1) is 18.1. The van der Waals surface area contributed by atoms with Gasteiger partial charge in [0.15, 0.2) is 0 Å². The zero-order chi connectivity index (χ0) is 16.0. The van der Waals surface area contributed by atoms with E-state index >= 15 is 0 Å². The van der Waals surface area contributed by atoms with E-state index in [0.29, 0.717) is 0 Å². The Morgan fingerprint density at radius 1 is 1.48 bits per heavy atom. The molecule has 118 valence electrons. The molecule has 0 aliphatic rings. The molecule has 1 aromatic rings. The van der Waals surface area contributed by atoms with Crippen LogP contribution in [0.5, 0.6) is 0 Å². The zero-order valence-electron chi connectivity index (χ0n) is 11.2. The lowest BCUT2D eigenvalue weighted by molar-refractivity contribution is 0.0696. The van der Waals surface area contributed by atoms with Gasteiger partial charge < -0.3 is 14.9 Å². The number of carboxylic acids is 1. The molecule has 7 nitrogen and oxygen atoms in total. The first-order valence-corrected chi connectivity index (χ1v) is 8.24. The number of carboxylic acid groups (broad SMARTS) is 1. The van der Waals surface area contributed by atoms with Crippen LogP contribution in [0.15, 0.2) is 27.6 Å². The number of carbonyl (C=O) groups is 1. The number of ether oxygens (including phenoxy) is 1. The van der Waals surface area contributed by atoms with E-state index in [0.717, 1.165) is 0 Å². The van der Waals surface area contributed by atoms with Crippen molar-refractivity contribution in [3.8, 4) is 0 Å². The SMILES string of the molecule is COCC(CCO)NS(=O)(=O)c1ccc(C(=O)O)cc1Br. The van der Waals surface area contributed by atoms with Crippen LogP contribution in [0.3, 0.4) is 0 Å². The van der Waals surface area contributed by atoms with Gasteiger partial charge in [-0.25, -0.2) is 17.9 Å². The molecule has 1 rings (SSSR count). The van der Waals surface area contributed by atoms with E-state index in [1.807, 2.05) is 0 Å². The van der Waals surface area contributed by atoms with E-state index in [-0.39, 0.29) is 34.6 Å². The van der Waals surface area contributed by atoms with Crippen LogP contribution in [-0.4, -0.2) is 51.0 Å². The van der Waals surface area contributed by atoms with Gasteiger partial charge in [0, 0.05) is 24.2 Å². The average Bonchev–Trinajstić information content (AvgIpc) is 2.38. The molecule has 1 aromatic carbocycles. The van der Waals surface area contributed by atoms with Gasteiger partial charge in [0.25, 0.3) is 0 Å². The lowest BCUT2D eigenvalue weighted by Crippen LogP contribution is -2.38. The van der Waals surface area contributed by atoms with Crippen molar-refractivity contribution in [2.75, 3.05) is 20.3 Å². The molecule has 0 aliphatic heterocycles. The minimum atomic E-state index is -3.86. The number of nitrogens with one attached hydrogen (secondary N) is 1. The van der Waals surface area contributed by atoms with Crippen molar-refractivity contribution >= 4 is 31.9 Å². The fraction of sp³-hybridized carbons (Fsp3) is 0.417. The van der Waals surface area contributed by atoms with Crippen LogP contribution in [0.2, 0.25) is 0 Å². The van der Waals surface area contributed by atoms with Crippen molar-refractivity contribution in [3.05, 3.63) is 28.2 Å². The van der Waals surface area contributed by atoms with E-state index in [4.69, 9.17) is 14.9 Å². The lowest BCUT2D eigenvalue weighted by Gasteiger charge is -2.17. The highest BCUT2D eigenvalue weighted by Crippen LogP contribution is 2.23. The van der Waals surface area contributed by atoms with Crippen molar-refractivity contribution in [3.63, 3.8) is 0 Å². The van der Waals surface area contributed by atoms with Gasteiger partial charge in [0.05, 0.1) is 17.1 Å². The molecule has 21 heavy (non-hydrogen) atoms. The second kappa shape index (κ2) is 7.85. The van der Waals surface area contributed by atoms with Crippen molar-refractivity contribution in [2.45, 2.75) is 17.4 Å². The minimum Gasteiger partial charge on any atom is -0.478 e. The molecule has 3 N–H and O–H groups in total. The molecule has 0 aromatic heterocycles. The Balaban J connectivity index is 3.04. The van der Waals surface area contributed by atoms with E-state index in [1.54, 1.807) is 0 Å². The predicted octanol–water partition coefficient (Wildman–Crippen LogP) is 0.823. The summed E-state index contributed by atoms with van der Waals surface area (Å²) >= 11 is 3.06. The smallest absolute Gasteiger partial charge is 0.335 e. The third-order valence-corrected chi connectivity index (χ3v) is 5.13. The molecule has 0 heterocycles. The van der Waals surface area contributed by atoms with Crippen LogP contribution in [0.4, 0.5) is 0 Å². The van der Waals surface area contributed by atoms with Crippen molar-refractivity contribution < 1.29 is 28.2 Å². The lowest BCUT2D eigenvalue weighted by atomic mass is 10.2. The Labute approximate surface area is 131 Å². The highest BCUT2D eigenvalue weighted by atomic mass is 79.9. The highest BCUT2D eigenvalue weighted by Gasteiger charge is 2.23. The number of aliphatic hydroxyl groups excluding tert-OH is 1. The standard InChI is InChI=1S/C12H16BrNO6S/c1-20-7-9(4-5-15)14-21(18,19)11-3-2-8(12(16)17)6-10(11)13/h2-3,6,9,14-15H,4-5,7H2,1H3,(H,16,17). The molecule has 0 bridgehead atoms. The summed E-state index contributed by atoms with van der Waals surface area (Å²) in [5, 5.41) is 17.8. The van der Waals surface area contributed by atoms with Gasteiger partial charge in [-0.05, 0) is 40.5 Å². The monoisotopic (exact) mass is 381 g/mol. The van der Waals surface area contributed by atoms with E-state index in [9.17, 15) is 13.2 Å². The summed E-state index contributed by atoms with van der Waals surface area (Å²) in [5.41, 5.74) is -0.0235. The topological polar surface area (TPSA) is 113 Å². The van der Waals surface area contributed by atoms with Gasteiger partial charge in [-0.2, -0.15) is 0 Å². The summed E-state index contributed by atoms with van der Waals surface area (Å²) in [6.07, 6.45) is 0.206. The number of methoxy groups -OCH3 is 1. The summed E-state index contributed by atoms with van der Waals surface area (Å²) in [5.74, 6) is -1.15. The third kappa shape index (κ3) is 5.04. The van der Waals surface area contributed by atoms with Crippen molar-refractivity contribution in [2.24, 2.45) is 0 Å². The molecule has 0 saturated carbocycles. The minimum absolute atomic E-state index is 0.0235. The largest absolute Gasteiger partial charge is 0.478 e. The molecule has 0 aliphatic carbocycles. The Kier molecular flexibility index (Phi) is 6.75. The number of hydrogen-bond acceptors (Lipinski definition) is 5. The molecule has 0 spiro atoms. The van der Waals surface area contributed by atoms with Gasteiger partial charge in [0.1, 0.15) is 0 Å². The van der Waals surface area contributed by atoms with Gasteiger partial charge in [0.2, 0.25) is 10.0 Å². The van der Waals surface area contributed by atoms with Gasteiger partial charge >= 0.3 is 5.97 Å². The average molecular weight is 382 g/mol. The summed E-state index contributed by atoms with van der Waals surface area (Å²) in [6.45, 7) is -0.0692. The van der Waals surface area contributed by atoms with Crippen LogP contribution < -0.4 is 4.72 Å². The fourth-order valence-electron chi connectivity index (χ4n) is 1.67. The summed E-state index contributed by atoms with van der Waals surface area (Å²) in [6, 6.07) is 3.06. The highest BCUT2D eigenvalue weighted by molar-refractivity contribution is 9.10. The second-order valence-electron chi connectivity index (χ2n) is 4.24. The number of sulfonamides is 1. The maximum atomic E-state index is 12.3. The molecule has 0 radical (unpaired) electrons. The first-order chi connectivity index (χ1) is 9.81. The first-order valence-electron chi connectivity index (χ1n) is 5.96. The number of aromatic carboxylic acids is 1. The molecular formula is C12H16BrNO6S. The molecule has 0 saturated heterocycles. The van der Waals surface area contributed by atoms with Crippen LogP contribution >= 0.6 is 15.9 Å². The molecule has 1 atom stereocenters. The third-order valence-electron chi connectivity index (χ3n) is 2.64. The maximum Gasteiger partial charge on any atom is 0.335 e. The fourth-order valence-corrected chi connectivity index (χ4v) is 4.00. The Morgan fingerprint density at radius 2 is 2.14 bits per heavy atom. The van der Waals surface area contributed by atoms with Crippen LogP contribution in [0.1, 0.15) is 16.8 Å². The number of benzene rings is 1. The number of rotatable bonds is 8. The Bertz CT molecular complexity index is 598. The molecule has 0 amide bonds. The number of hydrogen-bond donors (Lipinski definition) is 3. The van der Waals surface area contributed by atoms with Crippen LogP contribution in [0, 0.1) is 0 Å². The second-order valence-corrected chi connectivity index (χ2v) is 6.77. The van der Waals surface area contributed by atoms with E-state index in [2.05, 4.69) is 20.7 Å². The van der Waals surface area contributed by atoms with Crippen LogP contribution in [-0.2, 0) is 14.8 Å². The molecule has 0 fully saturated rings. The normalized spacial score (nSPS) is 13.1.